The van der Waals surface area contributed by atoms with E-state index in [-0.39, 0.29) is 0 Å². The van der Waals surface area contributed by atoms with E-state index in [0.29, 0.717) is 0 Å². The van der Waals surface area contributed by atoms with E-state index in [2.05, 4.69) is 65.6 Å². The molecule has 24 heavy (non-hydrogen) atoms. The van der Waals surface area contributed by atoms with Gasteiger partial charge >= 0.3 is 0 Å². The number of furan rings is 1. The number of para-hydroxylation sites is 2. The lowest BCUT2D eigenvalue weighted by Crippen LogP contribution is -1.80. The number of nitrogens with one attached hydrogen (secondary N) is 1. The van der Waals surface area contributed by atoms with Crippen LogP contribution < -0.4 is 0 Å². The Labute approximate surface area is 139 Å². The Balaban J connectivity index is 1.85. The number of aromatic nitrogens is 1. The number of hydrogen-bond acceptors (Lipinski definition) is 1. The predicted octanol–water partition coefficient (Wildman–Crippen LogP) is 6.25. The van der Waals surface area contributed by atoms with Gasteiger partial charge in [0.05, 0.1) is 5.69 Å². The van der Waals surface area contributed by atoms with E-state index < -0.39 is 0 Å². The largest absolute Gasteiger partial charge is 0.455 e. The molecule has 0 atom stereocenters. The minimum atomic E-state index is 0.867. The van der Waals surface area contributed by atoms with Crippen molar-refractivity contribution in [3.63, 3.8) is 0 Å². The summed E-state index contributed by atoms with van der Waals surface area (Å²) < 4.78 is 6.11. The molecule has 0 aliphatic carbocycles. The fraction of sp³-hybridized carbons (Fsp3) is 0. The first-order chi connectivity index (χ1) is 11.9. The molecule has 2 aromatic heterocycles. The zero-order valence-electron chi connectivity index (χ0n) is 13.0. The molecule has 0 amide bonds. The van der Waals surface area contributed by atoms with Crippen LogP contribution in [-0.4, -0.2) is 4.98 Å². The lowest BCUT2D eigenvalue weighted by Gasteiger charge is -2.03. The van der Waals surface area contributed by atoms with Crippen molar-refractivity contribution >= 4 is 21.9 Å². The molecule has 5 aromatic rings. The van der Waals surface area contributed by atoms with Gasteiger partial charge in [-0.3, -0.25) is 0 Å². The van der Waals surface area contributed by atoms with Gasteiger partial charge < -0.3 is 9.40 Å². The molecule has 3 aromatic carbocycles. The van der Waals surface area contributed by atoms with Crippen LogP contribution >= 0.6 is 0 Å². The molecule has 0 saturated carbocycles. The van der Waals surface area contributed by atoms with E-state index in [0.717, 1.165) is 27.9 Å². The number of rotatable bonds is 2. The van der Waals surface area contributed by atoms with Gasteiger partial charge in [-0.1, -0.05) is 66.7 Å². The van der Waals surface area contributed by atoms with Crippen LogP contribution in [0.25, 0.3) is 44.5 Å². The van der Waals surface area contributed by atoms with Gasteiger partial charge in [0, 0.05) is 21.9 Å². The van der Waals surface area contributed by atoms with Gasteiger partial charge in [-0.15, -0.1) is 0 Å². The summed E-state index contributed by atoms with van der Waals surface area (Å²) in [6, 6.07) is 29.1. The summed E-state index contributed by atoms with van der Waals surface area (Å²) in [5.74, 6) is 0.867. The normalized spacial score (nSPS) is 11.3. The van der Waals surface area contributed by atoms with Gasteiger partial charge in [0.2, 0.25) is 0 Å². The van der Waals surface area contributed by atoms with Crippen molar-refractivity contribution in [2.45, 2.75) is 0 Å². The van der Waals surface area contributed by atoms with Gasteiger partial charge in [0.1, 0.15) is 5.58 Å². The first-order valence-corrected chi connectivity index (χ1v) is 8.05. The highest BCUT2D eigenvalue weighted by atomic mass is 16.3. The van der Waals surface area contributed by atoms with E-state index in [1.807, 2.05) is 24.3 Å². The number of aromatic amines is 1. The Morgan fingerprint density at radius 2 is 1.46 bits per heavy atom. The van der Waals surface area contributed by atoms with Crippen LogP contribution in [0.5, 0.6) is 0 Å². The second-order valence-corrected chi connectivity index (χ2v) is 5.94. The molecule has 0 unspecified atom stereocenters. The lowest BCUT2D eigenvalue weighted by molar-refractivity contribution is 0.629. The second-order valence-electron chi connectivity index (χ2n) is 5.94. The van der Waals surface area contributed by atoms with Crippen LogP contribution in [0.15, 0.2) is 89.3 Å². The fourth-order valence-corrected chi connectivity index (χ4v) is 3.34. The van der Waals surface area contributed by atoms with Crippen molar-refractivity contribution in [2.75, 3.05) is 0 Å². The monoisotopic (exact) mass is 309 g/mol. The summed E-state index contributed by atoms with van der Waals surface area (Å²) in [6.07, 6.45) is 0. The molecular weight excluding hydrogens is 294 g/mol. The second kappa shape index (κ2) is 5.14. The molecule has 0 aliphatic heterocycles. The zero-order chi connectivity index (χ0) is 15.9. The summed E-state index contributed by atoms with van der Waals surface area (Å²) >= 11 is 0. The molecule has 2 heteroatoms. The molecule has 0 radical (unpaired) electrons. The molecule has 2 heterocycles. The molecular formula is C22H15NO. The molecule has 0 spiro atoms. The van der Waals surface area contributed by atoms with Crippen LogP contribution in [0.2, 0.25) is 0 Å². The van der Waals surface area contributed by atoms with E-state index in [1.165, 1.54) is 16.5 Å². The minimum Gasteiger partial charge on any atom is -0.455 e. The lowest BCUT2D eigenvalue weighted by atomic mass is 10.0. The summed E-state index contributed by atoms with van der Waals surface area (Å²) in [4.78, 5) is 3.55. The van der Waals surface area contributed by atoms with Crippen LogP contribution in [0, 0.1) is 0 Å². The number of hydrogen-bond donors (Lipinski definition) is 1. The number of fused-ring (bicyclic) bond motifs is 2. The standard InChI is InChI=1S/C22H15NO/c1-2-8-15(9-3-1)21-17-11-5-6-12-18(17)23-22(21)20-14-16-10-4-7-13-19(16)24-20/h1-14,23H. The SMILES string of the molecule is c1ccc(-c2c(-c3cc4ccccc4o3)[nH]c3ccccc23)cc1. The van der Waals surface area contributed by atoms with E-state index in [4.69, 9.17) is 4.42 Å². The van der Waals surface area contributed by atoms with Crippen LogP contribution in [0.3, 0.4) is 0 Å². The first kappa shape index (κ1) is 13.2. The van der Waals surface area contributed by atoms with Gasteiger partial charge in [-0.2, -0.15) is 0 Å². The van der Waals surface area contributed by atoms with Crippen molar-refractivity contribution in [3.8, 4) is 22.6 Å². The molecule has 0 fully saturated rings. The number of benzene rings is 3. The van der Waals surface area contributed by atoms with Crippen molar-refractivity contribution in [1.29, 1.82) is 0 Å². The van der Waals surface area contributed by atoms with Crippen molar-refractivity contribution < 1.29 is 4.42 Å². The Morgan fingerprint density at radius 1 is 0.708 bits per heavy atom. The first-order valence-electron chi connectivity index (χ1n) is 8.05. The molecule has 0 aliphatic rings. The van der Waals surface area contributed by atoms with Crippen molar-refractivity contribution in [2.24, 2.45) is 0 Å². The highest BCUT2D eigenvalue weighted by Gasteiger charge is 2.17. The van der Waals surface area contributed by atoms with E-state index in [9.17, 15) is 0 Å². The van der Waals surface area contributed by atoms with Gasteiger partial charge in [0.25, 0.3) is 0 Å². The highest BCUT2D eigenvalue weighted by molar-refractivity contribution is 6.03. The van der Waals surface area contributed by atoms with Crippen molar-refractivity contribution in [3.05, 3.63) is 84.9 Å². The number of H-pyrrole nitrogens is 1. The molecule has 1 N–H and O–H groups in total. The molecule has 2 nitrogen and oxygen atoms in total. The van der Waals surface area contributed by atoms with E-state index in [1.54, 1.807) is 0 Å². The van der Waals surface area contributed by atoms with Crippen LogP contribution in [0.1, 0.15) is 0 Å². The Bertz CT molecular complexity index is 1120. The fourth-order valence-electron chi connectivity index (χ4n) is 3.34. The minimum absolute atomic E-state index is 0.867. The molecule has 5 rings (SSSR count). The maximum absolute atomic E-state index is 6.11. The smallest absolute Gasteiger partial charge is 0.152 e. The van der Waals surface area contributed by atoms with Crippen LogP contribution in [-0.2, 0) is 0 Å². The maximum Gasteiger partial charge on any atom is 0.152 e. The average Bonchev–Trinajstić information content (AvgIpc) is 3.23. The Morgan fingerprint density at radius 3 is 2.33 bits per heavy atom. The van der Waals surface area contributed by atoms with Crippen LogP contribution in [0.4, 0.5) is 0 Å². The third kappa shape index (κ3) is 1.97. The maximum atomic E-state index is 6.11. The van der Waals surface area contributed by atoms with Gasteiger partial charge in [-0.05, 0) is 23.8 Å². The topological polar surface area (TPSA) is 28.9 Å². The Kier molecular flexibility index (Phi) is 2.83. The highest BCUT2D eigenvalue weighted by Crippen LogP contribution is 2.39. The summed E-state index contributed by atoms with van der Waals surface area (Å²) in [5, 5.41) is 2.32. The third-order valence-corrected chi connectivity index (χ3v) is 4.44. The predicted molar refractivity (Wildman–Crippen MR) is 98.9 cm³/mol. The summed E-state index contributed by atoms with van der Waals surface area (Å²) in [7, 11) is 0. The quantitative estimate of drug-likeness (QED) is 0.410. The molecule has 114 valence electrons. The molecule has 0 bridgehead atoms. The summed E-state index contributed by atoms with van der Waals surface area (Å²) in [5.41, 5.74) is 5.42. The molecule has 0 saturated heterocycles. The van der Waals surface area contributed by atoms with Gasteiger partial charge in [0.15, 0.2) is 5.76 Å². The summed E-state index contributed by atoms with van der Waals surface area (Å²) in [6.45, 7) is 0. The van der Waals surface area contributed by atoms with Gasteiger partial charge in [-0.25, -0.2) is 0 Å². The Hall–Kier alpha value is -3.26. The van der Waals surface area contributed by atoms with E-state index >= 15 is 0 Å². The average molecular weight is 309 g/mol. The van der Waals surface area contributed by atoms with Crippen molar-refractivity contribution in [1.82, 2.24) is 4.98 Å². The third-order valence-electron chi connectivity index (χ3n) is 4.44. The zero-order valence-corrected chi connectivity index (χ0v) is 13.0.